The molecule has 29 heavy (non-hydrogen) atoms. The summed E-state index contributed by atoms with van der Waals surface area (Å²) >= 11 is 0. The Labute approximate surface area is 184 Å². The van der Waals surface area contributed by atoms with Gasteiger partial charge in [0.25, 0.3) is 0 Å². The van der Waals surface area contributed by atoms with Gasteiger partial charge in [0.1, 0.15) is 5.75 Å². The maximum Gasteiger partial charge on any atom is 1.00 e. The molecule has 1 amide bonds. The summed E-state index contributed by atoms with van der Waals surface area (Å²) in [5, 5.41) is 8.05. The van der Waals surface area contributed by atoms with Gasteiger partial charge >= 0.3 is 18.9 Å². The molecule has 0 atom stereocenters. The topological polar surface area (TPSA) is 57.2 Å². The number of carbonyl (C=O) groups excluding carboxylic acids is 1. The first-order valence-electron chi connectivity index (χ1n) is 9.22. The van der Waals surface area contributed by atoms with E-state index < -0.39 is 0 Å². The van der Waals surface area contributed by atoms with Gasteiger partial charge in [-0.15, -0.1) is 5.70 Å². The minimum absolute atomic E-state index is 0. The van der Waals surface area contributed by atoms with Crippen LogP contribution in [0.5, 0.6) is 5.75 Å². The van der Waals surface area contributed by atoms with Gasteiger partial charge in [-0.25, -0.2) is 0 Å². The Hall–Kier alpha value is -2.68. The van der Waals surface area contributed by atoms with Gasteiger partial charge in [-0.1, -0.05) is 13.0 Å². The first kappa shape index (κ1) is 22.6. The molecule has 1 fully saturated rings. The summed E-state index contributed by atoms with van der Waals surface area (Å²) in [4.78, 5) is 14.7. The average Bonchev–Trinajstić information content (AvgIpc) is 3.24. The van der Waals surface area contributed by atoms with Crippen molar-refractivity contribution in [1.82, 2.24) is 0 Å². The molecule has 6 nitrogen and oxygen atoms in total. The summed E-state index contributed by atoms with van der Waals surface area (Å²) < 4.78 is 5.15. The fraction of sp³-hybridized carbons (Fsp3) is 0.273. The van der Waals surface area contributed by atoms with E-state index in [4.69, 9.17) is 11.5 Å². The number of allylic oxidation sites excluding steroid dienone is 1. The maximum absolute atomic E-state index is 12.4. The summed E-state index contributed by atoms with van der Waals surface area (Å²) in [5.41, 5.74) is 3.03. The van der Waals surface area contributed by atoms with E-state index in [1.807, 2.05) is 18.2 Å². The number of benzene rings is 2. The summed E-state index contributed by atoms with van der Waals surface area (Å²) in [5.74, 6) is 0.361. The zero-order valence-electron chi connectivity index (χ0n) is 17.2. The third-order valence-corrected chi connectivity index (χ3v) is 4.62. The number of amides is 1. The van der Waals surface area contributed by atoms with Gasteiger partial charge in [0.2, 0.25) is 0 Å². The van der Waals surface area contributed by atoms with Crippen molar-refractivity contribution in [3.05, 3.63) is 60.3 Å². The van der Waals surface area contributed by atoms with Crippen LogP contribution in [0.3, 0.4) is 0 Å². The number of hydrogen-bond acceptors (Lipinski definition) is 5. The molecule has 1 saturated heterocycles. The van der Waals surface area contributed by atoms with Gasteiger partial charge in [-0.2, -0.15) is 0 Å². The zero-order valence-corrected chi connectivity index (χ0v) is 17.2. The normalized spacial score (nSPS) is 13.4. The van der Waals surface area contributed by atoms with Gasteiger partial charge in [0.15, 0.2) is 0 Å². The number of hydrazone groups is 1. The molecule has 0 saturated carbocycles. The molecule has 3 rings (SSSR count). The number of carbonyl (C=O) groups is 1. The maximum atomic E-state index is 12.4. The second-order valence-corrected chi connectivity index (χ2v) is 6.53. The van der Waals surface area contributed by atoms with Crippen LogP contribution in [0, 0.1) is 6.08 Å². The van der Waals surface area contributed by atoms with Gasteiger partial charge in [-0.3, -0.25) is 0 Å². The Morgan fingerprint density at radius 3 is 2.52 bits per heavy atom. The average molecular weight is 383 g/mol. The standard InChI is InChI=1S/C22H24N4O2.Li/c1-17(26(23-2)19-9-11-21(28-3)12-10-19)15-22(27)24-18-7-6-8-20(16-18)25-13-4-5-14-25;/h2,6-12,16H,4-5,13-14H2,1,3H3,(H,24,27);/q-2;+1. The number of rotatable bonds is 7. The van der Waals surface area contributed by atoms with E-state index in [0.29, 0.717) is 11.4 Å². The molecule has 1 N–H and O–H groups in total. The molecule has 0 aliphatic carbocycles. The molecular formula is C22H24LiN4O2-. The van der Waals surface area contributed by atoms with Gasteiger partial charge in [0.05, 0.1) is 18.7 Å². The molecule has 0 bridgehead atoms. The fourth-order valence-electron chi connectivity index (χ4n) is 3.21. The van der Waals surface area contributed by atoms with E-state index >= 15 is 0 Å². The molecule has 0 aromatic heterocycles. The number of nitrogens with zero attached hydrogens (tertiary/aromatic N) is 3. The number of anilines is 3. The quantitative estimate of drug-likeness (QED) is 0.254. The summed E-state index contributed by atoms with van der Waals surface area (Å²) in [6.07, 6.45) is 5.18. The van der Waals surface area contributed by atoms with E-state index in [9.17, 15) is 4.79 Å². The molecule has 2 aromatic carbocycles. The van der Waals surface area contributed by atoms with Crippen LogP contribution in [0.4, 0.5) is 17.1 Å². The summed E-state index contributed by atoms with van der Waals surface area (Å²) in [6.45, 7) is 9.34. The first-order valence-corrected chi connectivity index (χ1v) is 9.22. The van der Waals surface area contributed by atoms with E-state index in [0.717, 1.165) is 30.2 Å². The van der Waals surface area contributed by atoms with Crippen molar-refractivity contribution in [2.75, 3.05) is 35.4 Å². The molecule has 7 heteroatoms. The van der Waals surface area contributed by atoms with Crippen LogP contribution in [0.1, 0.15) is 19.8 Å². The van der Waals surface area contributed by atoms with Crippen LogP contribution < -0.4 is 38.8 Å². The van der Waals surface area contributed by atoms with Crippen LogP contribution in [0.15, 0.2) is 59.3 Å². The molecule has 2 aromatic rings. The Kier molecular flexibility index (Phi) is 8.38. The second kappa shape index (κ2) is 10.8. The Bertz CT molecular complexity index is 861. The summed E-state index contributed by atoms with van der Waals surface area (Å²) in [7, 11) is 1.60. The van der Waals surface area contributed by atoms with Crippen LogP contribution in [-0.2, 0) is 4.79 Å². The summed E-state index contributed by atoms with van der Waals surface area (Å²) in [6, 6.07) is 15.0. The molecule has 1 aliphatic rings. The smallest absolute Gasteiger partial charge is 0.497 e. The predicted molar refractivity (Wildman–Crippen MR) is 113 cm³/mol. The third-order valence-electron chi connectivity index (χ3n) is 4.62. The SMILES string of the molecule is [CH-]=NN(C(C)=[C-]C(=O)Nc1cccc(N2CCCC2)c1)c1ccc(OC)cc1.[Li+]. The van der Waals surface area contributed by atoms with Crippen molar-refractivity contribution < 1.29 is 28.4 Å². The predicted octanol–water partition coefficient (Wildman–Crippen LogP) is 0.944. The second-order valence-electron chi connectivity index (χ2n) is 6.53. The molecule has 146 valence electrons. The van der Waals surface area contributed by atoms with Crippen molar-refractivity contribution in [2.24, 2.45) is 5.10 Å². The largest absolute Gasteiger partial charge is 1.00 e. The van der Waals surface area contributed by atoms with Crippen LogP contribution in [0.25, 0.3) is 0 Å². The van der Waals surface area contributed by atoms with E-state index in [1.54, 1.807) is 38.3 Å². The monoisotopic (exact) mass is 383 g/mol. The minimum atomic E-state index is -0.363. The van der Waals surface area contributed by atoms with Crippen molar-refractivity contribution in [3.63, 3.8) is 0 Å². The van der Waals surface area contributed by atoms with E-state index in [1.165, 1.54) is 17.9 Å². The van der Waals surface area contributed by atoms with Crippen LogP contribution in [0.2, 0.25) is 0 Å². The van der Waals surface area contributed by atoms with Crippen molar-refractivity contribution in [1.29, 1.82) is 0 Å². The zero-order chi connectivity index (χ0) is 19.9. The van der Waals surface area contributed by atoms with E-state index in [-0.39, 0.29) is 24.8 Å². The molecule has 0 radical (unpaired) electrons. The number of hydrogen-bond donors (Lipinski definition) is 1. The van der Waals surface area contributed by atoms with E-state index in [2.05, 4.69) is 27.5 Å². The molecule has 0 unspecified atom stereocenters. The molecule has 1 heterocycles. The fourth-order valence-corrected chi connectivity index (χ4v) is 3.21. The van der Waals surface area contributed by atoms with Crippen molar-refractivity contribution in [3.8, 4) is 5.75 Å². The van der Waals surface area contributed by atoms with Crippen molar-refractivity contribution >= 4 is 29.7 Å². The third kappa shape index (κ3) is 5.90. The van der Waals surface area contributed by atoms with Gasteiger partial charge < -0.3 is 42.7 Å². The minimum Gasteiger partial charge on any atom is -0.497 e. The molecule has 1 aliphatic heterocycles. The molecule has 0 spiro atoms. The van der Waals surface area contributed by atoms with Crippen LogP contribution in [-0.4, -0.2) is 32.8 Å². The first-order chi connectivity index (χ1) is 13.6. The van der Waals surface area contributed by atoms with Gasteiger partial charge in [-0.05, 0) is 55.3 Å². The number of ether oxygens (including phenoxy) is 1. The number of methoxy groups -OCH3 is 1. The Morgan fingerprint density at radius 1 is 1.21 bits per heavy atom. The Balaban J connectivity index is 0.00000300. The van der Waals surface area contributed by atoms with Gasteiger partial charge in [0, 0.05) is 24.5 Å². The Morgan fingerprint density at radius 2 is 1.90 bits per heavy atom. The number of nitrogens with one attached hydrogen (secondary N) is 1. The van der Waals surface area contributed by atoms with Crippen molar-refractivity contribution in [2.45, 2.75) is 19.8 Å². The molecular weight excluding hydrogens is 359 g/mol. The van der Waals surface area contributed by atoms with Crippen LogP contribution >= 0.6 is 0 Å².